The van der Waals surface area contributed by atoms with E-state index in [1.165, 1.54) is 0 Å². The molecule has 1 aliphatic heterocycles. The highest BCUT2D eigenvalue weighted by Gasteiger charge is 2.30. The molecule has 5 nitrogen and oxygen atoms in total. The van der Waals surface area contributed by atoms with Gasteiger partial charge in [-0.3, -0.25) is 4.98 Å². The van der Waals surface area contributed by atoms with Gasteiger partial charge in [0.15, 0.2) is 0 Å². The van der Waals surface area contributed by atoms with Crippen molar-refractivity contribution in [2.24, 2.45) is 0 Å². The van der Waals surface area contributed by atoms with Crippen LogP contribution in [0, 0.1) is 0 Å². The van der Waals surface area contributed by atoms with Crippen LogP contribution in [0.1, 0.15) is 58.6 Å². The zero-order valence-corrected chi connectivity index (χ0v) is 14.7. The molecule has 1 amide bonds. The van der Waals surface area contributed by atoms with Crippen molar-refractivity contribution in [3.8, 4) is 0 Å². The Hall–Kier alpha value is -1.62. The fourth-order valence-electron chi connectivity index (χ4n) is 2.84. The van der Waals surface area contributed by atoms with Crippen molar-refractivity contribution >= 4 is 6.09 Å². The number of pyridine rings is 1. The first-order valence-electron chi connectivity index (χ1n) is 8.50. The van der Waals surface area contributed by atoms with Crippen LogP contribution in [0.2, 0.25) is 0 Å². The van der Waals surface area contributed by atoms with Gasteiger partial charge in [0.05, 0.1) is 0 Å². The lowest BCUT2D eigenvalue weighted by atomic mass is 10.0. The highest BCUT2D eigenvalue weighted by atomic mass is 16.6. The molecular weight excluding hydrogens is 290 g/mol. The lowest BCUT2D eigenvalue weighted by molar-refractivity contribution is 0.00970. The van der Waals surface area contributed by atoms with Gasteiger partial charge in [0.25, 0.3) is 0 Å². The maximum absolute atomic E-state index is 12.4. The van der Waals surface area contributed by atoms with E-state index in [1.54, 1.807) is 6.20 Å². The number of piperidine rings is 1. The average molecular weight is 319 g/mol. The van der Waals surface area contributed by atoms with Gasteiger partial charge in [-0.05, 0) is 58.6 Å². The minimum atomic E-state index is -0.449. The highest BCUT2D eigenvalue weighted by molar-refractivity contribution is 5.68. The summed E-state index contributed by atoms with van der Waals surface area (Å²) in [6.45, 7) is 9.40. The summed E-state index contributed by atoms with van der Waals surface area (Å²) in [6.07, 6.45) is 6.69. The van der Waals surface area contributed by atoms with E-state index in [0.29, 0.717) is 0 Å². The third kappa shape index (κ3) is 5.50. The summed E-state index contributed by atoms with van der Waals surface area (Å²) in [5, 5.41) is 3.53. The highest BCUT2D eigenvalue weighted by Crippen LogP contribution is 2.21. The van der Waals surface area contributed by atoms with E-state index < -0.39 is 5.60 Å². The maximum atomic E-state index is 12.4. The molecule has 0 radical (unpaired) electrons. The summed E-state index contributed by atoms with van der Waals surface area (Å²) in [4.78, 5) is 18.5. The van der Waals surface area contributed by atoms with Gasteiger partial charge >= 0.3 is 6.09 Å². The quantitative estimate of drug-likeness (QED) is 0.922. The van der Waals surface area contributed by atoms with Crippen molar-refractivity contribution in [2.75, 3.05) is 13.1 Å². The fourth-order valence-corrected chi connectivity index (χ4v) is 2.84. The Morgan fingerprint density at radius 2 is 2.26 bits per heavy atom. The molecule has 0 aliphatic carbocycles. The Morgan fingerprint density at radius 3 is 2.91 bits per heavy atom. The molecule has 1 saturated heterocycles. The van der Waals surface area contributed by atoms with E-state index in [2.05, 4.69) is 23.3 Å². The van der Waals surface area contributed by atoms with Crippen molar-refractivity contribution in [3.63, 3.8) is 0 Å². The zero-order valence-electron chi connectivity index (χ0n) is 14.7. The molecule has 1 aliphatic rings. The minimum Gasteiger partial charge on any atom is -0.444 e. The van der Waals surface area contributed by atoms with E-state index in [0.717, 1.165) is 37.9 Å². The van der Waals surface area contributed by atoms with Crippen LogP contribution < -0.4 is 5.32 Å². The standard InChI is InChI=1S/C18H29N3O2/c1-14(15-8-7-10-19-12-15)20-13-16-9-5-6-11-21(16)17(22)23-18(2,3)4/h7-8,10,12,14,16,20H,5-6,9,11,13H2,1-4H3/t14-,16?/m1/s1. The van der Waals surface area contributed by atoms with Crippen LogP contribution in [0.4, 0.5) is 4.79 Å². The topological polar surface area (TPSA) is 54.5 Å². The number of aromatic nitrogens is 1. The Bertz CT molecular complexity index is 499. The van der Waals surface area contributed by atoms with Gasteiger partial charge in [-0.2, -0.15) is 0 Å². The van der Waals surface area contributed by atoms with E-state index in [-0.39, 0.29) is 18.2 Å². The second-order valence-corrected chi connectivity index (χ2v) is 7.24. The van der Waals surface area contributed by atoms with E-state index in [4.69, 9.17) is 4.74 Å². The van der Waals surface area contributed by atoms with E-state index in [1.807, 2.05) is 37.9 Å². The van der Waals surface area contributed by atoms with Crippen molar-refractivity contribution in [2.45, 2.75) is 64.6 Å². The summed E-state index contributed by atoms with van der Waals surface area (Å²) in [7, 11) is 0. The summed E-state index contributed by atoms with van der Waals surface area (Å²) in [5.41, 5.74) is 0.710. The van der Waals surface area contributed by atoms with Crippen molar-refractivity contribution < 1.29 is 9.53 Å². The van der Waals surface area contributed by atoms with Crippen LogP contribution in [0.25, 0.3) is 0 Å². The molecule has 2 atom stereocenters. The predicted octanol–water partition coefficient (Wildman–Crippen LogP) is 3.52. The number of ether oxygens (including phenoxy) is 1. The van der Waals surface area contributed by atoms with Crippen molar-refractivity contribution in [1.29, 1.82) is 0 Å². The number of hydrogen-bond acceptors (Lipinski definition) is 4. The Morgan fingerprint density at radius 1 is 1.48 bits per heavy atom. The molecule has 2 heterocycles. The molecule has 0 spiro atoms. The minimum absolute atomic E-state index is 0.192. The third-order valence-electron chi connectivity index (χ3n) is 4.10. The SMILES string of the molecule is C[C@@H](NCC1CCCCN1C(=O)OC(C)(C)C)c1cccnc1. The molecule has 23 heavy (non-hydrogen) atoms. The molecule has 0 bridgehead atoms. The van der Waals surface area contributed by atoms with Gasteiger partial charge in [0.2, 0.25) is 0 Å². The smallest absolute Gasteiger partial charge is 0.410 e. The molecule has 1 fully saturated rings. The Balaban J connectivity index is 1.92. The third-order valence-corrected chi connectivity index (χ3v) is 4.10. The number of carbonyl (C=O) groups is 1. The number of nitrogens with zero attached hydrogens (tertiary/aromatic N) is 2. The van der Waals surface area contributed by atoms with Crippen molar-refractivity contribution in [3.05, 3.63) is 30.1 Å². The van der Waals surface area contributed by atoms with Crippen LogP contribution in [0.5, 0.6) is 0 Å². The van der Waals surface area contributed by atoms with E-state index >= 15 is 0 Å². The molecule has 1 unspecified atom stereocenters. The summed E-state index contributed by atoms with van der Waals surface area (Å²) >= 11 is 0. The number of hydrogen-bond donors (Lipinski definition) is 1. The first-order chi connectivity index (χ1) is 10.9. The lowest BCUT2D eigenvalue weighted by Gasteiger charge is -2.37. The fraction of sp³-hybridized carbons (Fsp3) is 0.667. The first-order valence-corrected chi connectivity index (χ1v) is 8.50. The van der Waals surface area contributed by atoms with Gasteiger partial charge in [0.1, 0.15) is 5.60 Å². The van der Waals surface area contributed by atoms with Crippen LogP contribution in [-0.2, 0) is 4.74 Å². The second-order valence-electron chi connectivity index (χ2n) is 7.24. The monoisotopic (exact) mass is 319 g/mol. The first kappa shape index (κ1) is 17.7. The maximum Gasteiger partial charge on any atom is 0.410 e. The van der Waals surface area contributed by atoms with Gasteiger partial charge in [-0.1, -0.05) is 6.07 Å². The van der Waals surface area contributed by atoms with Gasteiger partial charge in [-0.15, -0.1) is 0 Å². The molecule has 1 N–H and O–H groups in total. The number of likely N-dealkylation sites (tertiary alicyclic amines) is 1. The molecule has 1 aromatic heterocycles. The molecule has 0 aromatic carbocycles. The van der Waals surface area contributed by atoms with Gasteiger partial charge in [0, 0.05) is 37.6 Å². The van der Waals surface area contributed by atoms with Crippen LogP contribution >= 0.6 is 0 Å². The Labute approximate surface area is 139 Å². The molecule has 5 heteroatoms. The van der Waals surface area contributed by atoms with Crippen molar-refractivity contribution in [1.82, 2.24) is 15.2 Å². The average Bonchev–Trinajstić information content (AvgIpc) is 2.52. The van der Waals surface area contributed by atoms with Crippen LogP contribution in [-0.4, -0.2) is 40.7 Å². The van der Waals surface area contributed by atoms with Crippen LogP contribution in [0.3, 0.4) is 0 Å². The van der Waals surface area contributed by atoms with E-state index in [9.17, 15) is 4.79 Å². The normalized spacial score (nSPS) is 20.2. The summed E-state index contributed by atoms with van der Waals surface area (Å²) < 4.78 is 5.55. The number of nitrogens with one attached hydrogen (secondary N) is 1. The largest absolute Gasteiger partial charge is 0.444 e. The molecular formula is C18H29N3O2. The Kier molecular flexibility index (Phi) is 5.99. The summed E-state index contributed by atoms with van der Waals surface area (Å²) in [6, 6.07) is 4.42. The molecule has 1 aromatic rings. The number of rotatable bonds is 4. The predicted molar refractivity (Wildman–Crippen MR) is 91.2 cm³/mol. The van der Waals surface area contributed by atoms with Crippen LogP contribution in [0.15, 0.2) is 24.5 Å². The molecule has 128 valence electrons. The lowest BCUT2D eigenvalue weighted by Crippen LogP contribution is -2.50. The molecule has 2 rings (SSSR count). The van der Waals surface area contributed by atoms with Gasteiger partial charge < -0.3 is 15.0 Å². The molecule has 0 saturated carbocycles. The second kappa shape index (κ2) is 7.77. The summed E-state index contributed by atoms with van der Waals surface area (Å²) in [5.74, 6) is 0. The van der Waals surface area contributed by atoms with Gasteiger partial charge in [-0.25, -0.2) is 4.79 Å². The zero-order chi connectivity index (χ0) is 16.9. The number of carbonyl (C=O) groups excluding carboxylic acids is 1. The number of amides is 1.